The quantitative estimate of drug-likeness (QED) is 0.230. The van der Waals surface area contributed by atoms with Crippen molar-refractivity contribution in [3.05, 3.63) is 83.5 Å². The second-order valence-corrected chi connectivity index (χ2v) is 12.2. The van der Waals surface area contributed by atoms with Crippen LogP contribution in [-0.4, -0.2) is 35.7 Å². The van der Waals surface area contributed by atoms with Gasteiger partial charge < -0.3 is 9.47 Å². The van der Waals surface area contributed by atoms with E-state index in [4.69, 9.17) is 9.47 Å². The molecule has 1 aromatic rings. The Bertz CT molecular complexity index is 1030. The molecule has 4 heteroatoms. The fourth-order valence-electron chi connectivity index (χ4n) is 6.90. The topological polar surface area (TPSA) is 42.5 Å². The number of benzene rings is 1. The molecule has 4 rings (SSSR count). The Morgan fingerprint density at radius 1 is 0.857 bits per heavy atom. The number of allylic oxidation sites excluding steroid dienone is 5. The van der Waals surface area contributed by atoms with Crippen LogP contribution in [0.15, 0.2) is 77.9 Å². The van der Waals surface area contributed by atoms with Crippen LogP contribution in [0.1, 0.15) is 118 Å². The minimum absolute atomic E-state index is 0.00480. The third-order valence-electron chi connectivity index (χ3n) is 9.74. The SMILES string of the molecule is C/C=C\C(=C/C)C1NC(Cc2ccccc2)C(CC)(CC)O1.CCCCC1NC(CC2=CCCC=C2)C(CC)(CC)O1. The van der Waals surface area contributed by atoms with Crippen LogP contribution in [-0.2, 0) is 15.9 Å². The van der Waals surface area contributed by atoms with Gasteiger partial charge in [0.15, 0.2) is 0 Å². The van der Waals surface area contributed by atoms with Crippen LogP contribution in [0.2, 0.25) is 0 Å². The number of hydrogen-bond acceptors (Lipinski definition) is 4. The lowest BCUT2D eigenvalue weighted by molar-refractivity contribution is -0.0564. The largest absolute Gasteiger partial charge is 0.355 e. The van der Waals surface area contributed by atoms with Gasteiger partial charge in [0.1, 0.15) is 12.5 Å². The Balaban J connectivity index is 0.000000231. The van der Waals surface area contributed by atoms with E-state index in [9.17, 15) is 0 Å². The molecule has 3 aliphatic rings. The maximum atomic E-state index is 6.51. The predicted octanol–water partition coefficient (Wildman–Crippen LogP) is 9.34. The first-order chi connectivity index (χ1) is 20.4. The van der Waals surface area contributed by atoms with Crippen LogP contribution in [0, 0.1) is 0 Å². The predicted molar refractivity (Wildman–Crippen MR) is 180 cm³/mol. The number of hydrogen-bond donors (Lipinski definition) is 2. The summed E-state index contributed by atoms with van der Waals surface area (Å²) in [5, 5.41) is 7.50. The average molecular weight is 577 g/mol. The summed E-state index contributed by atoms with van der Waals surface area (Å²) in [4.78, 5) is 0. The highest BCUT2D eigenvalue weighted by molar-refractivity contribution is 5.26. The molecule has 2 N–H and O–H groups in total. The molecule has 0 amide bonds. The van der Waals surface area contributed by atoms with Crippen molar-refractivity contribution >= 4 is 0 Å². The molecule has 0 saturated carbocycles. The summed E-state index contributed by atoms with van der Waals surface area (Å²) >= 11 is 0. The first-order valence-corrected chi connectivity index (χ1v) is 17.0. The Hall–Kier alpha value is -1.98. The van der Waals surface area contributed by atoms with Crippen LogP contribution in [0.5, 0.6) is 0 Å². The smallest absolute Gasteiger partial charge is 0.135 e. The van der Waals surface area contributed by atoms with Gasteiger partial charge in [-0.15, -0.1) is 0 Å². The lowest BCUT2D eigenvalue weighted by Gasteiger charge is -2.32. The van der Waals surface area contributed by atoms with Gasteiger partial charge in [-0.2, -0.15) is 0 Å². The van der Waals surface area contributed by atoms with Crippen molar-refractivity contribution in [2.45, 2.75) is 155 Å². The minimum Gasteiger partial charge on any atom is -0.355 e. The maximum absolute atomic E-state index is 6.51. The van der Waals surface area contributed by atoms with Crippen molar-refractivity contribution in [2.24, 2.45) is 0 Å². The van der Waals surface area contributed by atoms with Gasteiger partial charge in [0.2, 0.25) is 0 Å². The molecule has 4 atom stereocenters. The van der Waals surface area contributed by atoms with Gasteiger partial charge in [0.05, 0.1) is 11.2 Å². The Morgan fingerprint density at radius 2 is 1.52 bits per heavy atom. The summed E-state index contributed by atoms with van der Waals surface area (Å²) < 4.78 is 12.9. The lowest BCUT2D eigenvalue weighted by atomic mass is 9.84. The molecule has 1 aliphatic carbocycles. The average Bonchev–Trinajstić information content (AvgIpc) is 3.58. The Morgan fingerprint density at radius 3 is 2.10 bits per heavy atom. The number of nitrogens with one attached hydrogen (secondary N) is 2. The minimum atomic E-state index is -0.0870. The van der Waals surface area contributed by atoms with Crippen LogP contribution >= 0.6 is 0 Å². The van der Waals surface area contributed by atoms with Crippen molar-refractivity contribution in [1.82, 2.24) is 10.6 Å². The first-order valence-electron chi connectivity index (χ1n) is 17.0. The molecule has 2 aliphatic heterocycles. The van der Waals surface area contributed by atoms with E-state index in [-0.39, 0.29) is 23.7 Å². The molecule has 0 bridgehead atoms. The molecule has 2 heterocycles. The molecule has 1 aromatic carbocycles. The zero-order valence-corrected chi connectivity index (χ0v) is 27.8. The number of rotatable bonds is 13. The highest BCUT2D eigenvalue weighted by Gasteiger charge is 2.46. The third-order valence-corrected chi connectivity index (χ3v) is 9.74. The fraction of sp³-hybridized carbons (Fsp3) is 0.632. The van der Waals surface area contributed by atoms with Gasteiger partial charge in [-0.1, -0.05) is 113 Å². The lowest BCUT2D eigenvalue weighted by Crippen LogP contribution is -2.44. The zero-order valence-electron chi connectivity index (χ0n) is 27.8. The molecule has 4 nitrogen and oxygen atoms in total. The second-order valence-electron chi connectivity index (χ2n) is 12.2. The molecular weight excluding hydrogens is 516 g/mol. The van der Waals surface area contributed by atoms with E-state index in [0.29, 0.717) is 12.1 Å². The van der Waals surface area contributed by atoms with E-state index >= 15 is 0 Å². The number of ether oxygens (including phenoxy) is 2. The standard InChI is InChI=1S/C20H29NO.C18H31NO/c1-5-12-17(6-2)19-21-18(20(7-3,8-4)22-19)15-16-13-10-9-11-14-16;1-4-7-13-17-19-16(18(5-2,6-3)20-17)14-15-11-9-8-10-12-15/h5-6,9-14,18-19,21H,7-8,15H2,1-4H3;9,11-12,16-17,19H,4-8,10,13-14H2,1-3H3/b12-5-,17-6+;. The van der Waals surface area contributed by atoms with Gasteiger partial charge >= 0.3 is 0 Å². The van der Waals surface area contributed by atoms with E-state index < -0.39 is 0 Å². The van der Waals surface area contributed by atoms with Crippen molar-refractivity contribution in [1.29, 1.82) is 0 Å². The van der Waals surface area contributed by atoms with E-state index in [2.05, 4.69) is 119 Å². The van der Waals surface area contributed by atoms with Crippen molar-refractivity contribution in [2.75, 3.05) is 0 Å². The Labute approximate surface area is 258 Å². The van der Waals surface area contributed by atoms with E-state index in [0.717, 1.165) is 44.9 Å². The molecule has 234 valence electrons. The van der Waals surface area contributed by atoms with E-state index in [1.54, 1.807) is 0 Å². The first kappa shape index (κ1) is 34.5. The van der Waals surface area contributed by atoms with Gasteiger partial charge in [-0.3, -0.25) is 10.6 Å². The maximum Gasteiger partial charge on any atom is 0.135 e. The van der Waals surface area contributed by atoms with Gasteiger partial charge in [-0.25, -0.2) is 0 Å². The van der Waals surface area contributed by atoms with Crippen molar-refractivity contribution in [3.8, 4) is 0 Å². The van der Waals surface area contributed by atoms with Crippen molar-refractivity contribution in [3.63, 3.8) is 0 Å². The van der Waals surface area contributed by atoms with Crippen LogP contribution in [0.3, 0.4) is 0 Å². The van der Waals surface area contributed by atoms with E-state index in [1.165, 1.54) is 42.4 Å². The zero-order chi connectivity index (χ0) is 30.4. The monoisotopic (exact) mass is 576 g/mol. The molecule has 4 unspecified atom stereocenters. The normalized spacial score (nSPS) is 26.7. The van der Waals surface area contributed by atoms with Crippen LogP contribution < -0.4 is 10.6 Å². The van der Waals surface area contributed by atoms with Crippen LogP contribution in [0.25, 0.3) is 0 Å². The molecule has 0 radical (unpaired) electrons. The van der Waals surface area contributed by atoms with Gasteiger partial charge in [0, 0.05) is 12.1 Å². The molecular formula is C38H60N2O2. The summed E-state index contributed by atoms with van der Waals surface area (Å²) in [6, 6.07) is 11.5. The fourth-order valence-corrected chi connectivity index (χ4v) is 6.90. The van der Waals surface area contributed by atoms with Gasteiger partial charge in [-0.05, 0) is 89.2 Å². The van der Waals surface area contributed by atoms with Crippen LogP contribution in [0.4, 0.5) is 0 Å². The summed E-state index contributed by atoms with van der Waals surface area (Å²) in [7, 11) is 0. The summed E-state index contributed by atoms with van der Waals surface area (Å²) in [6.07, 6.45) is 26.0. The molecule has 2 fully saturated rings. The molecule has 2 saturated heterocycles. The molecule has 42 heavy (non-hydrogen) atoms. The third kappa shape index (κ3) is 8.78. The second kappa shape index (κ2) is 17.3. The molecule has 0 aromatic heterocycles. The summed E-state index contributed by atoms with van der Waals surface area (Å²) in [5.41, 5.74) is 4.01. The Kier molecular flexibility index (Phi) is 14.3. The number of unbranched alkanes of at least 4 members (excludes halogenated alkanes) is 1. The highest BCUT2D eigenvalue weighted by Crippen LogP contribution is 2.37. The highest BCUT2D eigenvalue weighted by atomic mass is 16.5. The summed E-state index contributed by atoms with van der Waals surface area (Å²) in [5.74, 6) is 0. The van der Waals surface area contributed by atoms with Crippen molar-refractivity contribution < 1.29 is 9.47 Å². The van der Waals surface area contributed by atoms with E-state index in [1.807, 2.05) is 6.92 Å². The summed E-state index contributed by atoms with van der Waals surface area (Å²) in [6.45, 7) is 15.4. The van der Waals surface area contributed by atoms with Gasteiger partial charge in [0.25, 0.3) is 0 Å². The molecule has 0 spiro atoms.